The summed E-state index contributed by atoms with van der Waals surface area (Å²) < 4.78 is 56.6. The molecule has 0 aliphatic rings. The van der Waals surface area contributed by atoms with Crippen molar-refractivity contribution in [2.75, 3.05) is 51.0 Å². The second-order valence-corrected chi connectivity index (χ2v) is 45.3. The molecule has 3 aromatic carbocycles. The molecule has 0 bridgehead atoms. The number of nitrogens with two attached hydrogens (primary N) is 7. The Morgan fingerprint density at radius 3 is 1.54 bits per heavy atom. The molecule has 21 unspecified atom stereocenters. The van der Waals surface area contributed by atoms with Crippen LogP contribution in [0.15, 0.2) is 102 Å². The van der Waals surface area contributed by atoms with Gasteiger partial charge in [-0.3, -0.25) is 86.3 Å². The number of para-hydroxylation sites is 1. The fourth-order valence-electron chi connectivity index (χ4n) is 14.6. The van der Waals surface area contributed by atoms with E-state index in [1.807, 2.05) is 24.3 Å². The number of Topliss-reactive ketones (excluding diaryl/α,β-unsaturated/α-hetero) is 1. The number of fused-ring (bicyclic) bond motifs is 1. The first-order chi connectivity index (χ1) is 67.7. The van der Waals surface area contributed by atoms with E-state index < -0.39 is 210 Å². The zero-order chi connectivity index (χ0) is 108. The lowest BCUT2D eigenvalue weighted by Crippen LogP contribution is -2.59. The van der Waals surface area contributed by atoms with E-state index in [0.29, 0.717) is 54.7 Å². The van der Waals surface area contributed by atoms with E-state index in [2.05, 4.69) is 111 Å². The molecular weight excluding hydrogens is 1990 g/mol. The summed E-state index contributed by atoms with van der Waals surface area (Å²) in [7, 11) is -17.4. The second-order valence-electron chi connectivity index (χ2n) is 35.4. The average molecular weight is 2140 g/mol. The van der Waals surface area contributed by atoms with Crippen molar-refractivity contribution in [2.24, 2.45) is 62.0 Å². The van der Waals surface area contributed by atoms with Gasteiger partial charge in [-0.05, 0) is 208 Å². The van der Waals surface area contributed by atoms with Crippen LogP contribution in [0.3, 0.4) is 0 Å². The Kier molecular flexibility index (Phi) is 55.7. The summed E-state index contributed by atoms with van der Waals surface area (Å²) >= 11 is 5.44. The molecule has 21 atom stereocenters. The molecule has 2 aromatic heterocycles. The molecule has 0 aliphatic carbocycles. The number of thioether (sulfide) groups is 1. The molecule has 0 fully saturated rings. The number of rotatable bonds is 69. The molecular formula is C88H150N26O24P4S2. The summed E-state index contributed by atoms with van der Waals surface area (Å²) in [5, 5.41) is 87.9. The van der Waals surface area contributed by atoms with Crippen LogP contribution in [0.25, 0.3) is 10.9 Å². The monoisotopic (exact) mass is 2140 g/mol. The molecule has 0 spiro atoms. The molecule has 0 saturated heterocycles. The van der Waals surface area contributed by atoms with E-state index in [0.717, 1.165) is 16.5 Å². The number of aromatic nitrogens is 3. The predicted molar refractivity (Wildman–Crippen MR) is 552 cm³/mol. The van der Waals surface area contributed by atoms with Gasteiger partial charge in [0.1, 0.15) is 65.0 Å². The summed E-state index contributed by atoms with van der Waals surface area (Å²) in [6, 6.07) is 4.24. The van der Waals surface area contributed by atoms with Gasteiger partial charge >= 0.3 is 11.9 Å². The van der Waals surface area contributed by atoms with E-state index in [9.17, 15) is 116 Å². The van der Waals surface area contributed by atoms with Gasteiger partial charge in [0.15, 0.2) is 17.7 Å². The first kappa shape index (κ1) is 126. The molecule has 5 aromatic rings. The van der Waals surface area contributed by atoms with Crippen molar-refractivity contribution in [1.29, 1.82) is 0 Å². The lowest BCUT2D eigenvalue weighted by atomic mass is 10.0. The highest BCUT2D eigenvalue weighted by Crippen LogP contribution is 2.48. The topological polar surface area (TPSA) is 858 Å². The molecule has 0 radical (unpaired) electrons. The number of unbranched alkanes of at least 4 members (excludes halogenated alkanes) is 2. The molecule has 144 heavy (non-hydrogen) atoms. The number of aliphatic imine (C=N–C) groups is 2. The average Bonchev–Trinajstić information content (AvgIpc) is 0.896. The van der Waals surface area contributed by atoms with Crippen LogP contribution in [0.1, 0.15) is 167 Å². The standard InChI is InChI=1S/C47H81N15O12P2S2.C41H69N11O12P2/c1-27(2)20-40(76(73,74)61-36(14-15-41(64)65)45(69)58-38(25-77)28(3)63)60-44(68)34(12-9-18-53-47(50)51)56-43(67)35(16-19-78-4)57-46(70)37(22-30-24-52-26-55-30)62-75(71,72)39(13-7-8-17-48)59-42(66)32(49)21-29-23-54-33-11-6-5-10-31(29)33;1-6-24(2)39(50-35(55)25(3)45-5)66(63,64)52-34(23-28-14-18-30(54)19-15-28)38(58)49-33(22-27-12-16-29(53)17-13-27)37(57)48-31(10-7-8-20-42)36(56)47-26(4)65(61,62)51-32(40(59)60)11-9-21-46-41(43)44/h5-6,10-11,23-24,26-27,32,34-40,46,54,57,70,77H,7-9,12-22,25,48-49H2,1-4H3,(H,52,55)(H,56,67)(H,58,69)(H,59,66)(H,60,68)(H,64,65)(H4,50,51,53)(H2,61,73,74)(H2,62,71,72);12-19,24-26,31-34,39,45,53-54H,6-11,20-23,42H2,1-5H3,(H,47,56)(H,48,57)(H,49,58)(H,50,55)(H,59,60)(H4,43,44,46)(H2,51,61,62)(H2,52,63,64). The van der Waals surface area contributed by atoms with Crippen LogP contribution in [0, 0.1) is 11.8 Å². The van der Waals surface area contributed by atoms with Gasteiger partial charge in [0, 0.05) is 67.1 Å². The van der Waals surface area contributed by atoms with E-state index >= 15 is 0 Å². The summed E-state index contributed by atoms with van der Waals surface area (Å²) in [5.41, 5.74) is 42.4. The maximum Gasteiger partial charge on any atom is 0.321 e. The number of thiol groups is 1. The van der Waals surface area contributed by atoms with Gasteiger partial charge in [-0.15, -0.1) is 0 Å². The van der Waals surface area contributed by atoms with Gasteiger partial charge < -0.3 is 143 Å². The molecule has 50 nitrogen and oxygen atoms in total. The van der Waals surface area contributed by atoms with Crippen LogP contribution >= 0.6 is 54.5 Å². The lowest BCUT2D eigenvalue weighted by molar-refractivity contribution is -0.139. The van der Waals surface area contributed by atoms with Gasteiger partial charge in [-0.1, -0.05) is 76.6 Å². The van der Waals surface area contributed by atoms with E-state index in [-0.39, 0.29) is 138 Å². The number of hydrogen-bond donors (Lipinski definition) is 33. The zero-order valence-corrected chi connectivity index (χ0v) is 87.7. The highest BCUT2D eigenvalue weighted by atomic mass is 32.2. The molecule has 5 rings (SSSR count). The number of likely N-dealkylation sites (N-methyl/N-ethyl adjacent to an activating group) is 1. The number of nitrogens with zero attached hydrogens (tertiary/aromatic N) is 3. The lowest BCUT2D eigenvalue weighted by Gasteiger charge is -2.33. The molecule has 39 N–H and O–H groups in total. The number of carbonyl (C=O) groups is 11. The Hall–Kier alpha value is -10.0. The minimum Gasteiger partial charge on any atom is -0.508 e. The summed E-state index contributed by atoms with van der Waals surface area (Å²) in [6.45, 7) is 11.3. The maximum atomic E-state index is 14.6. The SMILES string of the molecule is CCC(C)C(NC(=O)C(C)NC)P(=O)(O)NC(Cc1ccc(O)cc1)C(=O)NC(Cc1ccc(O)cc1)C(=O)NC(CCCCN)C(=O)NC(C)P(=O)(O)NC(CCCN=C(N)N)C(=O)O.CSCCC(NC(O)C(Cc1cnc[nH]1)NP(=O)(O)C(CCCCN)NC(=O)C(N)Cc1c[nH]c2ccccc12)C(=O)NC(CCCN=C(N)N)C(=O)NC(CC(C)C)P(=O)(O)NC(CCC(=O)O)C(=O)NC(CS)C(C)=O. The summed E-state index contributed by atoms with van der Waals surface area (Å²) in [5.74, 6) is -17.3. The number of phenols is 2. The van der Waals surface area contributed by atoms with E-state index in [1.54, 1.807) is 54.1 Å². The number of phenolic OH excluding ortho intramolecular Hbond substituents is 2. The van der Waals surface area contributed by atoms with Crippen LogP contribution in [-0.4, -0.2) is 284 Å². The fraction of sp³-hybridized carbons (Fsp3) is 0.591. The fourth-order valence-corrected chi connectivity index (χ4v) is 22.3. The largest absolute Gasteiger partial charge is 0.508 e. The maximum absolute atomic E-state index is 14.6. The Labute approximate surface area is 846 Å². The van der Waals surface area contributed by atoms with Crippen LogP contribution in [0.5, 0.6) is 11.5 Å². The summed E-state index contributed by atoms with van der Waals surface area (Å²) in [4.78, 5) is 211. The molecule has 2 heterocycles. The normalized spacial score (nSPS) is 16.8. The third-order valence-corrected chi connectivity index (χ3v) is 31.9. The number of nitrogens with one attached hydrogen (secondary N) is 16. The van der Waals surface area contributed by atoms with Crippen LogP contribution in [0.4, 0.5) is 0 Å². The van der Waals surface area contributed by atoms with Crippen molar-refractivity contribution in [3.8, 4) is 11.5 Å². The second kappa shape index (κ2) is 63.5. The first-order valence-electron chi connectivity index (χ1n) is 47.1. The minimum atomic E-state index is -4.88. The van der Waals surface area contributed by atoms with E-state index in [1.165, 1.54) is 86.7 Å². The quantitative estimate of drug-likeness (QED) is 0.00596. The number of ketones is 1. The number of aliphatic carboxylic acids is 2. The number of H-pyrrole nitrogens is 2. The highest BCUT2D eigenvalue weighted by molar-refractivity contribution is 7.98. The number of hydrogen-bond acceptors (Lipinski definition) is 28. The number of aliphatic hydroxyl groups is 1. The van der Waals surface area contributed by atoms with Crippen LogP contribution < -0.4 is 114 Å². The zero-order valence-electron chi connectivity index (χ0n) is 82.4. The Balaban J connectivity index is 0.000000609. The minimum absolute atomic E-state index is 0.00407. The number of aliphatic hydroxyl groups excluding tert-OH is 1. The van der Waals surface area contributed by atoms with Crippen LogP contribution in [0.2, 0.25) is 0 Å². The van der Waals surface area contributed by atoms with Crippen LogP contribution in [-0.2, 0) is 96.7 Å². The number of aromatic amines is 2. The smallest absolute Gasteiger partial charge is 0.321 e. The Morgan fingerprint density at radius 1 is 0.528 bits per heavy atom. The third-order valence-electron chi connectivity index (χ3n) is 23.2. The number of benzene rings is 3. The van der Waals surface area contributed by atoms with Crippen molar-refractivity contribution in [3.05, 3.63) is 114 Å². The van der Waals surface area contributed by atoms with Gasteiger partial charge in [0.25, 0.3) is 30.1 Å². The Bertz CT molecular complexity index is 5170. The number of imidazole rings is 1. The molecule has 0 saturated carbocycles. The predicted octanol–water partition coefficient (Wildman–Crippen LogP) is -0.248. The number of guanidine groups is 2. The number of carbonyl (C=O) groups excluding carboxylic acids is 9. The van der Waals surface area contributed by atoms with Crippen molar-refractivity contribution in [1.82, 2.24) is 88.5 Å². The molecule has 56 heteroatoms. The van der Waals surface area contributed by atoms with Crippen molar-refractivity contribution < 1.29 is 116 Å². The summed E-state index contributed by atoms with van der Waals surface area (Å²) in [6.07, 6.45) is 4.61. The van der Waals surface area contributed by atoms with Crippen molar-refractivity contribution >= 4 is 142 Å². The highest BCUT2D eigenvalue weighted by Gasteiger charge is 2.45. The Morgan fingerprint density at radius 2 is 1.02 bits per heavy atom. The van der Waals surface area contributed by atoms with Gasteiger partial charge in [0.2, 0.25) is 47.3 Å². The van der Waals surface area contributed by atoms with Gasteiger partial charge in [-0.25, -0.2) is 25.3 Å². The van der Waals surface area contributed by atoms with Gasteiger partial charge in [-0.2, -0.15) is 24.4 Å². The first-order valence-corrected chi connectivity index (χ1v) is 56.0. The number of carboxylic acids is 2. The molecule has 8 amide bonds. The van der Waals surface area contributed by atoms with Gasteiger partial charge in [0.05, 0.1) is 48.6 Å². The van der Waals surface area contributed by atoms with E-state index in [4.69, 9.17) is 40.1 Å². The third kappa shape index (κ3) is 45.1. The molecule has 0 aliphatic heterocycles. The van der Waals surface area contributed by atoms with Crippen molar-refractivity contribution in [2.45, 2.75) is 266 Å². The number of carboxylic acid groups (broad SMARTS) is 2. The number of amides is 8. The van der Waals surface area contributed by atoms with Crippen molar-refractivity contribution in [3.63, 3.8) is 0 Å². The number of aromatic hydroxyl groups is 2. The molecule has 808 valence electrons.